The summed E-state index contributed by atoms with van der Waals surface area (Å²) in [6.07, 6.45) is 0.871. The first-order valence-corrected chi connectivity index (χ1v) is 16.8. The molecule has 0 aromatic heterocycles. The van der Waals surface area contributed by atoms with Gasteiger partial charge < -0.3 is 4.74 Å². The Morgan fingerprint density at radius 3 is 2.02 bits per heavy atom. The van der Waals surface area contributed by atoms with E-state index in [9.17, 15) is 13.2 Å². The Hall–Kier alpha value is -5.20. The molecule has 0 amide bonds. The molecule has 0 bridgehead atoms. The number of nitrogens with zero attached hydrogens (tertiary/aromatic N) is 1. The maximum absolute atomic E-state index is 14.4. The third-order valence-corrected chi connectivity index (χ3v) is 10.5. The van der Waals surface area contributed by atoms with Gasteiger partial charge in [0.1, 0.15) is 12.0 Å². The minimum atomic E-state index is -3.92. The van der Waals surface area contributed by atoms with Crippen LogP contribution in [0.15, 0.2) is 120 Å². The average molecular weight is 624 g/mol. The summed E-state index contributed by atoms with van der Waals surface area (Å²) in [4.78, 5) is 12.4. The van der Waals surface area contributed by atoms with Gasteiger partial charge in [0.2, 0.25) is 0 Å². The van der Waals surface area contributed by atoms with Crippen molar-refractivity contribution < 1.29 is 17.9 Å². The van der Waals surface area contributed by atoms with Gasteiger partial charge >= 0.3 is 0 Å². The Bertz CT molecular complexity index is 2220. The summed E-state index contributed by atoms with van der Waals surface area (Å²) < 4.78 is 36.2. The lowest BCUT2D eigenvalue weighted by molar-refractivity contribution is 0.112. The number of sulfonamides is 1. The number of fused-ring (bicyclic) bond motifs is 4. The number of aldehydes is 1. The van der Waals surface area contributed by atoms with Crippen molar-refractivity contribution in [2.24, 2.45) is 0 Å². The quantitative estimate of drug-likeness (QED) is 0.166. The lowest BCUT2D eigenvalue weighted by atomic mass is 9.79. The van der Waals surface area contributed by atoms with E-state index in [1.807, 2.05) is 92.7 Å². The number of carbonyl (C=O) groups excluding carboxylic acids is 1. The van der Waals surface area contributed by atoms with Crippen molar-refractivity contribution in [2.45, 2.75) is 32.2 Å². The molecular formula is C40H33NO4S. The van der Waals surface area contributed by atoms with E-state index in [-0.39, 0.29) is 11.4 Å². The summed E-state index contributed by atoms with van der Waals surface area (Å²) in [5, 5.41) is 1.87. The third kappa shape index (κ3) is 4.95. The van der Waals surface area contributed by atoms with Gasteiger partial charge in [0.25, 0.3) is 10.0 Å². The van der Waals surface area contributed by atoms with Crippen LogP contribution in [0.2, 0.25) is 0 Å². The maximum atomic E-state index is 14.4. The molecule has 0 radical (unpaired) electrons. The summed E-state index contributed by atoms with van der Waals surface area (Å²) in [7, 11) is -3.92. The van der Waals surface area contributed by atoms with Gasteiger partial charge in [0.05, 0.1) is 23.7 Å². The fourth-order valence-electron chi connectivity index (χ4n) is 6.51. The topological polar surface area (TPSA) is 63.7 Å². The Kier molecular flexibility index (Phi) is 7.46. The molecule has 0 spiro atoms. The van der Waals surface area contributed by atoms with E-state index < -0.39 is 10.0 Å². The van der Waals surface area contributed by atoms with E-state index in [1.165, 1.54) is 0 Å². The van der Waals surface area contributed by atoms with Crippen LogP contribution in [0.4, 0.5) is 5.69 Å². The van der Waals surface area contributed by atoms with Gasteiger partial charge in [-0.25, -0.2) is 8.42 Å². The van der Waals surface area contributed by atoms with Gasteiger partial charge in [-0.3, -0.25) is 9.10 Å². The second-order valence-corrected chi connectivity index (χ2v) is 13.6. The first-order chi connectivity index (χ1) is 22.3. The average Bonchev–Trinajstić information content (AvgIpc) is 3.08. The first-order valence-electron chi connectivity index (χ1n) is 15.4. The lowest BCUT2D eigenvalue weighted by Crippen LogP contribution is -2.33. The van der Waals surface area contributed by atoms with Crippen LogP contribution in [-0.4, -0.2) is 21.3 Å². The van der Waals surface area contributed by atoms with Crippen LogP contribution in [0.1, 0.15) is 34.0 Å². The molecule has 0 fully saturated rings. The number of anilines is 1. The van der Waals surface area contributed by atoms with Gasteiger partial charge in [-0.15, -0.1) is 0 Å². The Morgan fingerprint density at radius 1 is 0.717 bits per heavy atom. The van der Waals surface area contributed by atoms with E-state index in [0.717, 1.165) is 72.9 Å². The fraction of sp³-hybridized carbons (Fsp3) is 0.125. The minimum Gasteiger partial charge on any atom is -0.494 e. The number of carbonyl (C=O) groups is 1. The molecule has 0 N–H and O–H groups in total. The van der Waals surface area contributed by atoms with Crippen molar-refractivity contribution in [3.05, 3.63) is 138 Å². The summed E-state index contributed by atoms with van der Waals surface area (Å²) in [5.41, 5.74) is 9.83. The number of benzene rings is 6. The Morgan fingerprint density at radius 2 is 1.35 bits per heavy atom. The maximum Gasteiger partial charge on any atom is 0.264 e. The number of para-hydroxylation sites is 1. The van der Waals surface area contributed by atoms with Gasteiger partial charge in [-0.1, -0.05) is 90.0 Å². The number of ether oxygens (including phenoxy) is 1. The molecule has 6 aromatic rings. The zero-order valence-electron chi connectivity index (χ0n) is 25.9. The van der Waals surface area contributed by atoms with E-state index in [4.69, 9.17) is 4.74 Å². The van der Waals surface area contributed by atoms with Crippen LogP contribution in [0.5, 0.6) is 5.75 Å². The van der Waals surface area contributed by atoms with Crippen LogP contribution in [0.3, 0.4) is 0 Å². The van der Waals surface area contributed by atoms with Gasteiger partial charge in [0, 0.05) is 11.1 Å². The van der Waals surface area contributed by atoms with Crippen molar-refractivity contribution >= 4 is 32.8 Å². The molecule has 46 heavy (non-hydrogen) atoms. The summed E-state index contributed by atoms with van der Waals surface area (Å²) in [6.45, 7) is 6.65. The predicted octanol–water partition coefficient (Wildman–Crippen LogP) is 9.38. The second-order valence-electron chi connectivity index (χ2n) is 11.7. The molecule has 0 saturated carbocycles. The summed E-state index contributed by atoms with van der Waals surface area (Å²) >= 11 is 0. The summed E-state index contributed by atoms with van der Waals surface area (Å²) in [5.74, 6) is 0.769. The van der Waals surface area contributed by atoms with Crippen LogP contribution in [0, 0.1) is 13.8 Å². The van der Waals surface area contributed by atoms with E-state index in [0.29, 0.717) is 17.9 Å². The highest BCUT2D eigenvalue weighted by atomic mass is 32.2. The molecule has 0 aliphatic carbocycles. The number of hydrogen-bond acceptors (Lipinski definition) is 4. The molecule has 6 heteroatoms. The normalized spacial score (nSPS) is 12.5. The highest BCUT2D eigenvalue weighted by Gasteiger charge is 2.35. The van der Waals surface area contributed by atoms with Crippen molar-refractivity contribution in [2.75, 3.05) is 10.9 Å². The Balaban J connectivity index is 1.61. The van der Waals surface area contributed by atoms with Crippen LogP contribution in [-0.2, 0) is 16.6 Å². The number of aryl methyl sites for hydroxylation is 2. The molecule has 1 aliphatic heterocycles. The molecule has 1 aliphatic rings. The van der Waals surface area contributed by atoms with Crippen molar-refractivity contribution in [3.63, 3.8) is 0 Å². The van der Waals surface area contributed by atoms with Gasteiger partial charge in [-0.05, 0) is 101 Å². The third-order valence-electron chi connectivity index (χ3n) is 8.72. The van der Waals surface area contributed by atoms with E-state index in [2.05, 4.69) is 31.2 Å². The van der Waals surface area contributed by atoms with Crippen LogP contribution in [0.25, 0.3) is 44.2 Å². The Labute approximate surface area is 269 Å². The molecule has 228 valence electrons. The van der Waals surface area contributed by atoms with E-state index >= 15 is 0 Å². The number of rotatable bonds is 7. The monoisotopic (exact) mass is 623 g/mol. The lowest BCUT2D eigenvalue weighted by Gasteiger charge is -2.35. The minimum absolute atomic E-state index is 0.140. The van der Waals surface area contributed by atoms with Crippen LogP contribution >= 0.6 is 0 Å². The highest BCUT2D eigenvalue weighted by Crippen LogP contribution is 2.52. The van der Waals surface area contributed by atoms with Crippen molar-refractivity contribution in [1.82, 2.24) is 0 Å². The molecule has 0 atom stereocenters. The van der Waals surface area contributed by atoms with E-state index in [1.54, 1.807) is 16.4 Å². The molecule has 7 rings (SSSR count). The highest BCUT2D eigenvalue weighted by molar-refractivity contribution is 7.92. The smallest absolute Gasteiger partial charge is 0.264 e. The van der Waals surface area contributed by atoms with Crippen molar-refractivity contribution in [1.29, 1.82) is 0 Å². The molecule has 0 unspecified atom stereocenters. The number of hydrogen-bond donors (Lipinski definition) is 0. The molecule has 6 aromatic carbocycles. The molecule has 0 saturated heterocycles. The molecule has 1 heterocycles. The zero-order chi connectivity index (χ0) is 32.0. The first kappa shape index (κ1) is 29.5. The van der Waals surface area contributed by atoms with Crippen molar-refractivity contribution in [3.8, 4) is 39.1 Å². The standard InChI is InChI=1S/C40H33NO4S/c1-4-45-31-18-16-30(17-19-31)39-35-23-28(25-42)13-22-33(35)38(29-14-9-26(2)10-15-29)36-24-41(37-8-6-5-7-34(37)40(36)39)46(43,44)32-20-11-27(3)12-21-32/h5-23,25H,4,24H2,1-3H3. The van der Waals surface area contributed by atoms with Gasteiger partial charge in [0.15, 0.2) is 0 Å². The predicted molar refractivity (Wildman–Crippen MR) is 186 cm³/mol. The fourth-order valence-corrected chi connectivity index (χ4v) is 7.96. The molecule has 5 nitrogen and oxygen atoms in total. The van der Waals surface area contributed by atoms with Gasteiger partial charge in [-0.2, -0.15) is 0 Å². The SMILES string of the molecule is CCOc1ccc(-c2c3c(c(-c4ccc(C)cc4)c4ccc(C=O)cc24)CN(S(=O)(=O)c2ccc(C)cc2)c2ccccc2-3)cc1. The zero-order valence-corrected chi connectivity index (χ0v) is 26.8. The molecular weight excluding hydrogens is 591 g/mol. The second kappa shape index (κ2) is 11.6. The summed E-state index contributed by atoms with van der Waals surface area (Å²) in [6, 6.07) is 36.8. The van der Waals surface area contributed by atoms with Crippen LogP contribution < -0.4 is 9.04 Å². The largest absolute Gasteiger partial charge is 0.494 e.